The molecule has 7 heteroatoms. The number of benzene rings is 1. The van der Waals surface area contributed by atoms with Gasteiger partial charge in [0.15, 0.2) is 0 Å². The lowest BCUT2D eigenvalue weighted by atomic mass is 9.95. The molecule has 1 aromatic heterocycles. The molecule has 2 aromatic rings. The van der Waals surface area contributed by atoms with Crippen molar-refractivity contribution in [1.29, 1.82) is 0 Å². The van der Waals surface area contributed by atoms with Crippen LogP contribution in [0.2, 0.25) is 0 Å². The average molecular weight is 432 g/mol. The van der Waals surface area contributed by atoms with E-state index in [0.29, 0.717) is 18.9 Å². The van der Waals surface area contributed by atoms with E-state index < -0.39 is 11.6 Å². The second-order valence-electron chi connectivity index (χ2n) is 8.60. The molecular weight excluding hydrogens is 400 g/mol. The van der Waals surface area contributed by atoms with Crippen LogP contribution < -0.4 is 10.2 Å². The third kappa shape index (κ3) is 4.47. The van der Waals surface area contributed by atoms with E-state index in [4.69, 9.17) is 4.74 Å². The third-order valence-electron chi connectivity index (χ3n) is 6.59. The van der Waals surface area contributed by atoms with Gasteiger partial charge in [-0.2, -0.15) is 0 Å². The van der Waals surface area contributed by atoms with E-state index in [2.05, 4.69) is 10.2 Å². The maximum atomic E-state index is 14.5. The predicted molar refractivity (Wildman–Crippen MR) is 117 cm³/mol. The number of carbonyl (C=O) groups excluding carboxylic acids is 1. The lowest BCUT2D eigenvalue weighted by Gasteiger charge is -2.29. The van der Waals surface area contributed by atoms with Gasteiger partial charge in [-0.05, 0) is 38.8 Å². The van der Waals surface area contributed by atoms with E-state index >= 15 is 0 Å². The molecule has 31 heavy (non-hydrogen) atoms. The Labute approximate surface area is 182 Å². The van der Waals surface area contributed by atoms with Crippen LogP contribution in [0.1, 0.15) is 59.4 Å². The second-order valence-corrected chi connectivity index (χ2v) is 8.60. The minimum Gasteiger partial charge on any atom is -0.378 e. The number of aromatic nitrogens is 1. The van der Waals surface area contributed by atoms with Crippen molar-refractivity contribution in [2.45, 2.75) is 58.5 Å². The molecule has 0 bridgehead atoms. The molecule has 0 spiro atoms. The number of ether oxygens (including phenoxy) is 1. The lowest BCUT2D eigenvalue weighted by Crippen LogP contribution is -2.38. The largest absolute Gasteiger partial charge is 0.378 e. The number of halogens is 2. The SMILES string of the molecule is Cc1c(N2CCOCC2)c(C)n(Cc2c(F)cccc2F)c1C(=O)NC1CCCCC1. The fraction of sp³-hybridized carbons (Fsp3) is 0.542. The maximum Gasteiger partial charge on any atom is 0.268 e. The summed E-state index contributed by atoms with van der Waals surface area (Å²) in [4.78, 5) is 15.6. The number of hydrogen-bond acceptors (Lipinski definition) is 3. The molecule has 4 rings (SSSR count). The molecule has 1 aliphatic carbocycles. The van der Waals surface area contributed by atoms with Crippen LogP contribution in [0.25, 0.3) is 0 Å². The topological polar surface area (TPSA) is 46.5 Å². The summed E-state index contributed by atoms with van der Waals surface area (Å²) < 4.78 is 36.2. The number of hydrogen-bond donors (Lipinski definition) is 1. The first-order valence-electron chi connectivity index (χ1n) is 11.2. The van der Waals surface area contributed by atoms with Crippen molar-refractivity contribution in [3.8, 4) is 0 Å². The Bertz CT molecular complexity index is 925. The molecule has 1 aromatic carbocycles. The summed E-state index contributed by atoms with van der Waals surface area (Å²) >= 11 is 0. The minimum absolute atomic E-state index is 0.0249. The molecule has 1 saturated carbocycles. The molecule has 168 valence electrons. The Morgan fingerprint density at radius 3 is 2.39 bits per heavy atom. The summed E-state index contributed by atoms with van der Waals surface area (Å²) in [5.41, 5.74) is 3.13. The third-order valence-corrected chi connectivity index (χ3v) is 6.59. The van der Waals surface area contributed by atoms with Gasteiger partial charge in [-0.1, -0.05) is 25.3 Å². The number of anilines is 1. The zero-order valence-corrected chi connectivity index (χ0v) is 18.3. The first kappa shape index (κ1) is 21.8. The zero-order valence-electron chi connectivity index (χ0n) is 18.3. The van der Waals surface area contributed by atoms with Crippen molar-refractivity contribution in [3.63, 3.8) is 0 Å². The van der Waals surface area contributed by atoms with Gasteiger partial charge in [0, 0.05) is 36.0 Å². The standard InChI is InChI=1S/C24H31F2N3O2/c1-16-22(28-11-13-31-14-12-28)17(2)29(15-19-20(25)9-6-10-21(19)26)23(16)24(30)27-18-7-4-3-5-8-18/h6,9-10,18H,3-5,7-8,11-15H2,1-2H3,(H,27,30). The van der Waals surface area contributed by atoms with Crippen LogP contribution in [0.3, 0.4) is 0 Å². The molecule has 1 amide bonds. The molecule has 5 nitrogen and oxygen atoms in total. The Balaban J connectivity index is 1.74. The summed E-state index contributed by atoms with van der Waals surface area (Å²) in [6.07, 6.45) is 5.38. The molecule has 1 saturated heterocycles. The van der Waals surface area contributed by atoms with Crippen molar-refractivity contribution in [2.75, 3.05) is 31.2 Å². The van der Waals surface area contributed by atoms with Crippen LogP contribution in [0, 0.1) is 25.5 Å². The first-order chi connectivity index (χ1) is 15.0. The normalized spacial score (nSPS) is 17.7. The van der Waals surface area contributed by atoms with Gasteiger partial charge < -0.3 is 19.5 Å². The van der Waals surface area contributed by atoms with Crippen LogP contribution in [0.5, 0.6) is 0 Å². The first-order valence-corrected chi connectivity index (χ1v) is 11.2. The predicted octanol–water partition coefficient (Wildman–Crippen LogP) is 4.33. The van der Waals surface area contributed by atoms with Crippen LogP contribution in [-0.2, 0) is 11.3 Å². The van der Waals surface area contributed by atoms with Crippen LogP contribution in [0.4, 0.5) is 14.5 Å². The van der Waals surface area contributed by atoms with E-state index in [0.717, 1.165) is 55.7 Å². The molecule has 0 radical (unpaired) electrons. The molecule has 1 N–H and O–H groups in total. The highest BCUT2D eigenvalue weighted by atomic mass is 19.1. The van der Waals surface area contributed by atoms with E-state index in [9.17, 15) is 13.6 Å². The fourth-order valence-electron chi connectivity index (χ4n) is 4.97. The van der Waals surface area contributed by atoms with Gasteiger partial charge >= 0.3 is 0 Å². The number of nitrogens with one attached hydrogen (secondary N) is 1. The van der Waals surface area contributed by atoms with Crippen LogP contribution >= 0.6 is 0 Å². The Hall–Kier alpha value is -2.41. The van der Waals surface area contributed by atoms with Crippen LogP contribution in [-0.4, -0.2) is 42.8 Å². The summed E-state index contributed by atoms with van der Waals surface area (Å²) in [6.45, 7) is 6.52. The van der Waals surface area contributed by atoms with Gasteiger partial charge in [0.2, 0.25) is 0 Å². The minimum atomic E-state index is -0.600. The number of morpholine rings is 1. The number of nitrogens with zero attached hydrogens (tertiary/aromatic N) is 2. The average Bonchev–Trinajstić information content (AvgIpc) is 3.01. The Kier molecular flexibility index (Phi) is 6.60. The highest BCUT2D eigenvalue weighted by molar-refractivity contribution is 5.97. The highest BCUT2D eigenvalue weighted by Crippen LogP contribution is 2.33. The highest BCUT2D eigenvalue weighted by Gasteiger charge is 2.29. The van der Waals surface area contributed by atoms with Gasteiger partial charge in [-0.25, -0.2) is 8.78 Å². The van der Waals surface area contributed by atoms with Gasteiger partial charge in [0.1, 0.15) is 17.3 Å². The quantitative estimate of drug-likeness (QED) is 0.767. The molecule has 2 fully saturated rings. The van der Waals surface area contributed by atoms with Gasteiger partial charge in [-0.15, -0.1) is 0 Å². The molecule has 0 unspecified atom stereocenters. The monoisotopic (exact) mass is 431 g/mol. The number of rotatable bonds is 5. The molecule has 1 aliphatic heterocycles. The summed E-state index contributed by atoms with van der Waals surface area (Å²) in [5, 5.41) is 3.18. The summed E-state index contributed by atoms with van der Waals surface area (Å²) in [5.74, 6) is -1.36. The van der Waals surface area contributed by atoms with E-state index in [1.807, 2.05) is 13.8 Å². The van der Waals surface area contributed by atoms with Crippen molar-refractivity contribution < 1.29 is 18.3 Å². The summed E-state index contributed by atoms with van der Waals surface area (Å²) in [6, 6.07) is 4.03. The van der Waals surface area contributed by atoms with E-state index in [1.54, 1.807) is 4.57 Å². The number of carbonyl (C=O) groups is 1. The van der Waals surface area contributed by atoms with Gasteiger partial charge in [-0.3, -0.25) is 4.79 Å². The van der Waals surface area contributed by atoms with Gasteiger partial charge in [0.25, 0.3) is 5.91 Å². The van der Waals surface area contributed by atoms with Crippen molar-refractivity contribution in [3.05, 3.63) is 52.3 Å². The lowest BCUT2D eigenvalue weighted by molar-refractivity contribution is 0.0917. The van der Waals surface area contributed by atoms with Crippen LogP contribution in [0.15, 0.2) is 18.2 Å². The van der Waals surface area contributed by atoms with Crippen molar-refractivity contribution >= 4 is 11.6 Å². The molecular formula is C24H31F2N3O2. The zero-order chi connectivity index (χ0) is 22.0. The van der Waals surface area contributed by atoms with Gasteiger partial charge in [0.05, 0.1) is 25.4 Å². The van der Waals surface area contributed by atoms with E-state index in [1.165, 1.54) is 24.6 Å². The second kappa shape index (κ2) is 9.39. The fourth-order valence-corrected chi connectivity index (χ4v) is 4.97. The van der Waals surface area contributed by atoms with Crippen molar-refractivity contribution in [1.82, 2.24) is 9.88 Å². The molecule has 2 heterocycles. The Morgan fingerprint density at radius 2 is 1.74 bits per heavy atom. The molecule has 2 aliphatic rings. The van der Waals surface area contributed by atoms with Crippen molar-refractivity contribution in [2.24, 2.45) is 0 Å². The maximum absolute atomic E-state index is 14.5. The smallest absolute Gasteiger partial charge is 0.268 e. The molecule has 0 atom stereocenters. The van der Waals surface area contributed by atoms with E-state index in [-0.39, 0.29) is 24.1 Å². The Morgan fingerprint density at radius 1 is 1.10 bits per heavy atom. The number of amides is 1. The summed E-state index contributed by atoms with van der Waals surface area (Å²) in [7, 11) is 0.